The van der Waals surface area contributed by atoms with Crippen LogP contribution in [0.15, 0.2) is 35.5 Å². The Kier molecular flexibility index (Phi) is 8.94. The van der Waals surface area contributed by atoms with Gasteiger partial charge in [-0.15, -0.1) is 0 Å². The summed E-state index contributed by atoms with van der Waals surface area (Å²) in [5.74, 6) is -0.994. The van der Waals surface area contributed by atoms with Crippen LogP contribution in [0.3, 0.4) is 0 Å². The molecule has 198 valence electrons. The summed E-state index contributed by atoms with van der Waals surface area (Å²) in [6, 6.07) is 4.60. The van der Waals surface area contributed by atoms with Crippen LogP contribution in [0.5, 0.6) is 0 Å². The van der Waals surface area contributed by atoms with Gasteiger partial charge in [-0.2, -0.15) is 0 Å². The number of halogens is 1. The molecule has 0 aromatic heterocycles. The SMILES string of the molecule is CCOC(=O)C1=C(CN2CCCN(C(=O)NC(C)(C)C)CC2)N(CC)C(=O)NC1c1cccc(F)c1. The van der Waals surface area contributed by atoms with E-state index in [1.165, 1.54) is 17.0 Å². The molecule has 9 nitrogen and oxygen atoms in total. The van der Waals surface area contributed by atoms with Gasteiger partial charge in [0.2, 0.25) is 0 Å². The van der Waals surface area contributed by atoms with E-state index >= 15 is 0 Å². The molecule has 1 fully saturated rings. The number of nitrogens with one attached hydrogen (secondary N) is 2. The highest BCUT2D eigenvalue weighted by atomic mass is 19.1. The lowest BCUT2D eigenvalue weighted by atomic mass is 9.94. The number of benzene rings is 1. The zero-order valence-electron chi connectivity index (χ0n) is 21.9. The van der Waals surface area contributed by atoms with Crippen molar-refractivity contribution in [2.24, 2.45) is 0 Å². The highest BCUT2D eigenvalue weighted by Crippen LogP contribution is 2.32. The second-order valence-corrected chi connectivity index (χ2v) is 10.1. The molecule has 2 aliphatic rings. The van der Waals surface area contributed by atoms with Crippen LogP contribution in [0, 0.1) is 5.82 Å². The van der Waals surface area contributed by atoms with Crippen LogP contribution in [0.4, 0.5) is 14.0 Å². The largest absolute Gasteiger partial charge is 0.463 e. The molecule has 10 heteroatoms. The molecule has 0 bridgehead atoms. The molecule has 2 N–H and O–H groups in total. The van der Waals surface area contributed by atoms with Crippen LogP contribution in [-0.2, 0) is 9.53 Å². The first kappa shape index (κ1) is 27.4. The van der Waals surface area contributed by atoms with Gasteiger partial charge in [-0.05, 0) is 58.7 Å². The number of ether oxygens (including phenoxy) is 1. The molecule has 0 saturated carbocycles. The molecule has 1 saturated heterocycles. The Morgan fingerprint density at radius 2 is 1.92 bits per heavy atom. The molecule has 1 aromatic rings. The van der Waals surface area contributed by atoms with Crippen LogP contribution >= 0.6 is 0 Å². The van der Waals surface area contributed by atoms with Gasteiger partial charge in [0.05, 0.1) is 18.2 Å². The Labute approximate surface area is 212 Å². The van der Waals surface area contributed by atoms with Crippen molar-refractivity contribution < 1.29 is 23.5 Å². The van der Waals surface area contributed by atoms with Crippen molar-refractivity contribution in [1.82, 2.24) is 25.3 Å². The summed E-state index contributed by atoms with van der Waals surface area (Å²) in [6.07, 6.45) is 0.755. The van der Waals surface area contributed by atoms with Crippen molar-refractivity contribution in [3.63, 3.8) is 0 Å². The number of amides is 4. The average Bonchev–Trinajstić information content (AvgIpc) is 3.03. The molecule has 1 aromatic carbocycles. The first-order valence-electron chi connectivity index (χ1n) is 12.6. The monoisotopic (exact) mass is 503 g/mol. The van der Waals surface area contributed by atoms with Gasteiger partial charge in [0.15, 0.2) is 0 Å². The fraction of sp³-hybridized carbons (Fsp3) is 0.577. The molecule has 2 aliphatic heterocycles. The lowest BCUT2D eigenvalue weighted by molar-refractivity contribution is -0.139. The standard InChI is InChI=1S/C26H38FN5O4/c1-6-32-20(17-30-12-9-13-31(15-14-30)25(35)29-26(3,4)5)21(23(33)36-7-2)22(28-24(32)34)18-10-8-11-19(27)16-18/h8,10-11,16,22H,6-7,9,12-15,17H2,1-5H3,(H,28,34)(H,29,35). The van der Waals surface area contributed by atoms with E-state index in [4.69, 9.17) is 4.74 Å². The summed E-state index contributed by atoms with van der Waals surface area (Å²) in [7, 11) is 0. The molecule has 0 radical (unpaired) electrons. The van der Waals surface area contributed by atoms with Gasteiger partial charge in [0.1, 0.15) is 5.82 Å². The van der Waals surface area contributed by atoms with Crippen LogP contribution in [0.2, 0.25) is 0 Å². The molecule has 0 spiro atoms. The van der Waals surface area contributed by atoms with Gasteiger partial charge >= 0.3 is 18.0 Å². The normalized spacial score (nSPS) is 19.6. The summed E-state index contributed by atoms with van der Waals surface area (Å²) >= 11 is 0. The first-order valence-corrected chi connectivity index (χ1v) is 12.6. The topological polar surface area (TPSA) is 94.2 Å². The summed E-state index contributed by atoms with van der Waals surface area (Å²) < 4.78 is 19.4. The third kappa shape index (κ3) is 6.75. The zero-order valence-corrected chi connectivity index (χ0v) is 21.9. The Morgan fingerprint density at radius 3 is 2.56 bits per heavy atom. The number of hydrogen-bond donors (Lipinski definition) is 2. The van der Waals surface area contributed by atoms with Crippen molar-refractivity contribution in [3.05, 3.63) is 46.9 Å². The van der Waals surface area contributed by atoms with Crippen molar-refractivity contribution >= 4 is 18.0 Å². The van der Waals surface area contributed by atoms with Gasteiger partial charge < -0.3 is 20.3 Å². The third-order valence-corrected chi connectivity index (χ3v) is 6.16. The fourth-order valence-corrected chi connectivity index (χ4v) is 4.54. The van der Waals surface area contributed by atoms with Crippen LogP contribution < -0.4 is 10.6 Å². The van der Waals surface area contributed by atoms with Gasteiger partial charge in [-0.25, -0.2) is 18.8 Å². The van der Waals surface area contributed by atoms with Crippen molar-refractivity contribution in [3.8, 4) is 0 Å². The van der Waals surface area contributed by atoms with E-state index in [0.717, 1.165) is 6.42 Å². The molecular weight excluding hydrogens is 465 g/mol. The van der Waals surface area contributed by atoms with Gasteiger partial charge in [-0.1, -0.05) is 12.1 Å². The van der Waals surface area contributed by atoms with E-state index < -0.39 is 17.8 Å². The number of esters is 1. The minimum atomic E-state index is -0.828. The van der Waals surface area contributed by atoms with Gasteiger partial charge in [-0.3, -0.25) is 9.80 Å². The Bertz CT molecular complexity index is 1010. The number of carbonyl (C=O) groups is 3. The predicted octanol–water partition coefficient (Wildman–Crippen LogP) is 3.24. The molecule has 0 aliphatic carbocycles. The second kappa shape index (κ2) is 11.7. The Balaban J connectivity index is 1.92. The maximum absolute atomic E-state index is 14.1. The summed E-state index contributed by atoms with van der Waals surface area (Å²) in [6.45, 7) is 12.7. The Morgan fingerprint density at radius 1 is 1.17 bits per heavy atom. The first-order chi connectivity index (χ1) is 17.0. The van der Waals surface area contributed by atoms with E-state index in [0.29, 0.717) is 56.1 Å². The molecule has 1 atom stereocenters. The zero-order chi connectivity index (χ0) is 26.5. The summed E-state index contributed by atoms with van der Waals surface area (Å²) in [5.41, 5.74) is 0.989. The minimum absolute atomic E-state index is 0.103. The van der Waals surface area contributed by atoms with Gasteiger partial charge in [0, 0.05) is 50.5 Å². The summed E-state index contributed by atoms with van der Waals surface area (Å²) in [5, 5.41) is 5.86. The molecule has 36 heavy (non-hydrogen) atoms. The van der Waals surface area contributed by atoms with Crippen LogP contribution in [-0.4, -0.2) is 84.1 Å². The lowest BCUT2D eigenvalue weighted by Gasteiger charge is -2.38. The van der Waals surface area contributed by atoms with Crippen molar-refractivity contribution in [2.45, 2.75) is 52.6 Å². The van der Waals surface area contributed by atoms with Gasteiger partial charge in [0.25, 0.3) is 0 Å². The quantitative estimate of drug-likeness (QED) is 0.582. The molecular formula is C26H38FN5O4. The minimum Gasteiger partial charge on any atom is -0.463 e. The van der Waals surface area contributed by atoms with E-state index in [1.807, 2.05) is 27.7 Å². The highest BCUT2D eigenvalue weighted by Gasteiger charge is 2.38. The maximum Gasteiger partial charge on any atom is 0.338 e. The number of likely N-dealkylation sites (N-methyl/N-ethyl adjacent to an activating group) is 1. The number of urea groups is 2. The lowest BCUT2D eigenvalue weighted by Crippen LogP contribution is -2.51. The maximum atomic E-state index is 14.1. The number of nitrogens with zero attached hydrogens (tertiary/aromatic N) is 3. The van der Waals surface area contributed by atoms with E-state index in [-0.39, 0.29) is 24.2 Å². The van der Waals surface area contributed by atoms with Crippen molar-refractivity contribution in [1.29, 1.82) is 0 Å². The number of rotatable bonds is 6. The molecule has 3 rings (SSSR count). The highest BCUT2D eigenvalue weighted by molar-refractivity contribution is 5.95. The van der Waals surface area contributed by atoms with E-state index in [2.05, 4.69) is 15.5 Å². The van der Waals surface area contributed by atoms with Crippen molar-refractivity contribution in [2.75, 3.05) is 45.9 Å². The molecule has 2 heterocycles. The second-order valence-electron chi connectivity index (χ2n) is 10.1. The number of hydrogen-bond acceptors (Lipinski definition) is 5. The van der Waals surface area contributed by atoms with E-state index in [9.17, 15) is 18.8 Å². The van der Waals surface area contributed by atoms with E-state index in [1.54, 1.807) is 24.0 Å². The number of carbonyl (C=O) groups excluding carboxylic acids is 3. The molecule has 4 amide bonds. The third-order valence-electron chi connectivity index (χ3n) is 6.16. The fourth-order valence-electron chi connectivity index (χ4n) is 4.54. The van der Waals surface area contributed by atoms with Crippen LogP contribution in [0.25, 0.3) is 0 Å². The Hall–Kier alpha value is -3.14. The van der Waals surface area contributed by atoms with Crippen LogP contribution in [0.1, 0.15) is 52.6 Å². The molecule has 1 unspecified atom stereocenters. The predicted molar refractivity (Wildman–Crippen MR) is 135 cm³/mol. The summed E-state index contributed by atoms with van der Waals surface area (Å²) in [4.78, 5) is 44.4. The average molecular weight is 504 g/mol. The smallest absolute Gasteiger partial charge is 0.338 e.